The van der Waals surface area contributed by atoms with Crippen molar-refractivity contribution in [3.05, 3.63) is 0 Å². The first kappa shape index (κ1) is 15.0. The monoisotopic (exact) mass is 212 g/mol. The van der Waals surface area contributed by atoms with Gasteiger partial charge in [-0.05, 0) is 5.92 Å². The summed E-state index contributed by atoms with van der Waals surface area (Å²) >= 11 is 0. The summed E-state index contributed by atoms with van der Waals surface area (Å²) in [5, 5.41) is 0. The molecule has 0 amide bonds. The van der Waals surface area contributed by atoms with Gasteiger partial charge in [0.15, 0.2) is 0 Å². The van der Waals surface area contributed by atoms with Crippen LogP contribution in [0.15, 0.2) is 0 Å². The van der Waals surface area contributed by atoms with Gasteiger partial charge in [0.1, 0.15) is 0 Å². The van der Waals surface area contributed by atoms with Crippen molar-refractivity contribution in [2.75, 3.05) is 0 Å². The van der Waals surface area contributed by atoms with E-state index in [1.54, 1.807) is 0 Å². The SMILES string of the molecule is CCCCCCCC(CCC)CCCC. The average molecular weight is 212 g/mol. The third kappa shape index (κ3) is 10.3. The van der Waals surface area contributed by atoms with E-state index in [4.69, 9.17) is 0 Å². The van der Waals surface area contributed by atoms with Crippen molar-refractivity contribution < 1.29 is 0 Å². The topological polar surface area (TPSA) is 0 Å². The van der Waals surface area contributed by atoms with Crippen molar-refractivity contribution in [1.29, 1.82) is 0 Å². The molecule has 0 aliphatic carbocycles. The van der Waals surface area contributed by atoms with E-state index in [2.05, 4.69) is 20.8 Å². The molecule has 0 aliphatic heterocycles. The number of unbranched alkanes of at least 4 members (excludes halogenated alkanes) is 5. The number of hydrogen-bond donors (Lipinski definition) is 0. The highest BCUT2D eigenvalue weighted by Crippen LogP contribution is 2.21. The van der Waals surface area contributed by atoms with Gasteiger partial charge in [-0.25, -0.2) is 0 Å². The van der Waals surface area contributed by atoms with Crippen LogP contribution in [-0.4, -0.2) is 0 Å². The fourth-order valence-electron chi connectivity index (χ4n) is 2.37. The Labute approximate surface area is 97.8 Å². The van der Waals surface area contributed by atoms with Gasteiger partial charge in [-0.15, -0.1) is 0 Å². The molecular weight excluding hydrogens is 180 g/mol. The summed E-state index contributed by atoms with van der Waals surface area (Å²) in [6.07, 6.45) is 15.9. The molecule has 0 aromatic carbocycles. The van der Waals surface area contributed by atoms with E-state index in [9.17, 15) is 0 Å². The van der Waals surface area contributed by atoms with E-state index >= 15 is 0 Å². The van der Waals surface area contributed by atoms with Crippen LogP contribution in [0.25, 0.3) is 0 Å². The first-order valence-electron chi connectivity index (χ1n) is 7.35. The molecule has 0 heteroatoms. The van der Waals surface area contributed by atoms with Gasteiger partial charge in [0, 0.05) is 0 Å². The van der Waals surface area contributed by atoms with Crippen LogP contribution in [0, 0.1) is 5.92 Å². The zero-order valence-corrected chi connectivity index (χ0v) is 11.4. The second kappa shape index (κ2) is 12.1. The zero-order valence-electron chi connectivity index (χ0n) is 11.4. The van der Waals surface area contributed by atoms with Crippen LogP contribution >= 0.6 is 0 Å². The Morgan fingerprint density at radius 2 is 1.13 bits per heavy atom. The van der Waals surface area contributed by atoms with E-state index in [1.807, 2.05) is 0 Å². The maximum atomic E-state index is 2.33. The maximum Gasteiger partial charge on any atom is -0.0414 e. The predicted octanol–water partition coefficient (Wildman–Crippen LogP) is 5.95. The summed E-state index contributed by atoms with van der Waals surface area (Å²) in [5.74, 6) is 1.04. The van der Waals surface area contributed by atoms with E-state index < -0.39 is 0 Å². The lowest BCUT2D eigenvalue weighted by atomic mass is 9.91. The molecule has 0 aromatic rings. The first-order valence-corrected chi connectivity index (χ1v) is 7.35. The molecule has 0 fully saturated rings. The highest BCUT2D eigenvalue weighted by atomic mass is 14.1. The van der Waals surface area contributed by atoms with Crippen molar-refractivity contribution in [1.82, 2.24) is 0 Å². The van der Waals surface area contributed by atoms with Gasteiger partial charge in [-0.2, -0.15) is 0 Å². The van der Waals surface area contributed by atoms with Crippen molar-refractivity contribution in [2.24, 2.45) is 5.92 Å². The molecule has 0 saturated carbocycles. The van der Waals surface area contributed by atoms with Gasteiger partial charge in [-0.3, -0.25) is 0 Å². The lowest BCUT2D eigenvalue weighted by Crippen LogP contribution is -2.00. The minimum absolute atomic E-state index is 1.04. The Morgan fingerprint density at radius 1 is 0.533 bits per heavy atom. The van der Waals surface area contributed by atoms with Crippen molar-refractivity contribution in [3.63, 3.8) is 0 Å². The summed E-state index contributed by atoms with van der Waals surface area (Å²) in [4.78, 5) is 0. The van der Waals surface area contributed by atoms with Crippen LogP contribution in [0.2, 0.25) is 0 Å². The second-order valence-electron chi connectivity index (χ2n) is 5.00. The summed E-state index contributed by atoms with van der Waals surface area (Å²) in [6, 6.07) is 0. The standard InChI is InChI=1S/C15H32/c1-4-7-9-10-11-14-15(12-6-3)13-8-5-2/h15H,4-14H2,1-3H3. The maximum absolute atomic E-state index is 2.33. The van der Waals surface area contributed by atoms with Crippen LogP contribution in [0.1, 0.15) is 91.4 Å². The quantitative estimate of drug-likeness (QED) is 0.371. The predicted molar refractivity (Wildman–Crippen MR) is 71.3 cm³/mol. The summed E-state index contributed by atoms with van der Waals surface area (Å²) < 4.78 is 0. The molecule has 0 N–H and O–H groups in total. The molecule has 0 aromatic heterocycles. The van der Waals surface area contributed by atoms with Crippen LogP contribution in [-0.2, 0) is 0 Å². The second-order valence-corrected chi connectivity index (χ2v) is 5.00. The Morgan fingerprint density at radius 3 is 1.73 bits per heavy atom. The third-order valence-corrected chi connectivity index (χ3v) is 3.38. The molecule has 0 heterocycles. The van der Waals surface area contributed by atoms with Gasteiger partial charge in [0.05, 0.1) is 0 Å². The molecule has 0 aliphatic rings. The Bertz CT molecular complexity index is 107. The Balaban J connectivity index is 3.38. The van der Waals surface area contributed by atoms with Gasteiger partial charge in [0.25, 0.3) is 0 Å². The fourth-order valence-corrected chi connectivity index (χ4v) is 2.37. The average Bonchev–Trinajstić information content (AvgIpc) is 2.25. The smallest absolute Gasteiger partial charge is 0.0414 e. The molecule has 0 nitrogen and oxygen atoms in total. The molecule has 0 rings (SSSR count). The molecule has 0 spiro atoms. The van der Waals surface area contributed by atoms with Gasteiger partial charge in [0.2, 0.25) is 0 Å². The third-order valence-electron chi connectivity index (χ3n) is 3.38. The Kier molecular flexibility index (Phi) is 12.1. The van der Waals surface area contributed by atoms with E-state index in [1.165, 1.54) is 70.6 Å². The minimum Gasteiger partial charge on any atom is -0.0654 e. The number of rotatable bonds is 11. The summed E-state index contributed by atoms with van der Waals surface area (Å²) in [5.41, 5.74) is 0. The van der Waals surface area contributed by atoms with E-state index in [-0.39, 0.29) is 0 Å². The lowest BCUT2D eigenvalue weighted by Gasteiger charge is -2.15. The summed E-state index contributed by atoms with van der Waals surface area (Å²) in [7, 11) is 0. The molecule has 15 heavy (non-hydrogen) atoms. The molecule has 0 saturated heterocycles. The zero-order chi connectivity index (χ0) is 11.4. The van der Waals surface area contributed by atoms with Gasteiger partial charge >= 0.3 is 0 Å². The molecule has 0 bridgehead atoms. The highest BCUT2D eigenvalue weighted by molar-refractivity contribution is 4.59. The first-order chi connectivity index (χ1) is 7.35. The van der Waals surface area contributed by atoms with Crippen LogP contribution < -0.4 is 0 Å². The van der Waals surface area contributed by atoms with Crippen LogP contribution in [0.5, 0.6) is 0 Å². The molecule has 0 radical (unpaired) electrons. The molecule has 92 valence electrons. The van der Waals surface area contributed by atoms with Gasteiger partial charge < -0.3 is 0 Å². The normalized spacial score (nSPS) is 13.0. The van der Waals surface area contributed by atoms with Crippen LogP contribution in [0.3, 0.4) is 0 Å². The number of hydrogen-bond acceptors (Lipinski definition) is 0. The van der Waals surface area contributed by atoms with E-state index in [0.29, 0.717) is 0 Å². The molecule has 1 unspecified atom stereocenters. The lowest BCUT2D eigenvalue weighted by molar-refractivity contribution is 0.384. The highest BCUT2D eigenvalue weighted by Gasteiger charge is 2.06. The van der Waals surface area contributed by atoms with Gasteiger partial charge in [-0.1, -0.05) is 91.4 Å². The summed E-state index contributed by atoms with van der Waals surface area (Å²) in [6.45, 7) is 6.93. The molecular formula is C15H32. The Hall–Kier alpha value is 0. The van der Waals surface area contributed by atoms with E-state index in [0.717, 1.165) is 5.92 Å². The van der Waals surface area contributed by atoms with Crippen molar-refractivity contribution in [3.8, 4) is 0 Å². The largest absolute Gasteiger partial charge is 0.0654 e. The van der Waals surface area contributed by atoms with Crippen LogP contribution in [0.4, 0.5) is 0 Å². The van der Waals surface area contributed by atoms with Crippen molar-refractivity contribution >= 4 is 0 Å². The minimum atomic E-state index is 1.04. The van der Waals surface area contributed by atoms with Crippen molar-refractivity contribution in [2.45, 2.75) is 91.4 Å². The molecule has 1 atom stereocenters. The fraction of sp³-hybridized carbons (Fsp3) is 1.00.